The van der Waals surface area contributed by atoms with Crippen LogP contribution in [0.2, 0.25) is 0 Å². The first-order chi connectivity index (χ1) is 21.8. The molecule has 6 aromatic rings. The molecule has 3 unspecified atom stereocenters. The number of nitrogens with zero attached hydrogens (tertiary/aromatic N) is 3. The lowest BCUT2D eigenvalue weighted by Gasteiger charge is -2.43. The predicted molar refractivity (Wildman–Crippen MR) is 173 cm³/mol. The summed E-state index contributed by atoms with van der Waals surface area (Å²) in [6, 6.07) is 42.1. The van der Waals surface area contributed by atoms with Gasteiger partial charge in [0.05, 0.1) is 22.5 Å². The summed E-state index contributed by atoms with van der Waals surface area (Å²) in [5, 5.41) is 0. The van der Waals surface area contributed by atoms with E-state index in [0.717, 1.165) is 45.3 Å². The first kappa shape index (κ1) is 24.9. The summed E-state index contributed by atoms with van der Waals surface area (Å²) in [4.78, 5) is 14.7. The molecule has 3 heterocycles. The van der Waals surface area contributed by atoms with Crippen LogP contribution in [-0.2, 0) is 5.41 Å². The van der Waals surface area contributed by atoms with Crippen LogP contribution in [0.15, 0.2) is 152 Å². The van der Waals surface area contributed by atoms with Crippen LogP contribution in [0.3, 0.4) is 0 Å². The highest BCUT2D eigenvalue weighted by atomic mass is 16.5. The zero-order chi connectivity index (χ0) is 29.1. The molecule has 4 aromatic carbocycles. The van der Waals surface area contributed by atoms with E-state index in [1.165, 1.54) is 16.7 Å². The quantitative estimate of drug-likeness (QED) is 0.215. The van der Waals surface area contributed by atoms with Crippen LogP contribution in [0, 0.1) is 5.92 Å². The van der Waals surface area contributed by atoms with Gasteiger partial charge in [-0.05, 0) is 53.6 Å². The number of hydrogen-bond acceptors (Lipinski definition) is 4. The highest BCUT2D eigenvalue weighted by Crippen LogP contribution is 2.64. The van der Waals surface area contributed by atoms with Crippen LogP contribution in [0.4, 0.5) is 0 Å². The SMILES string of the molecule is C1=CC2c3ccccc3C3(c4ccccc4Oc4ccc(-c5cc(-c6ccccn6)nc(-c6ccccc6)n5)cc43)C2C=C1. The van der Waals surface area contributed by atoms with Crippen molar-refractivity contribution in [1.82, 2.24) is 15.0 Å². The molecule has 0 radical (unpaired) electrons. The van der Waals surface area contributed by atoms with Crippen LogP contribution in [0.1, 0.15) is 28.2 Å². The Hall–Kier alpha value is -5.61. The summed E-state index contributed by atoms with van der Waals surface area (Å²) in [6.45, 7) is 0. The fourth-order valence-corrected chi connectivity index (χ4v) is 7.48. The number of para-hydroxylation sites is 1. The van der Waals surface area contributed by atoms with E-state index in [-0.39, 0.29) is 11.8 Å². The molecular formula is C40H27N3O. The number of hydrogen-bond donors (Lipinski definition) is 0. The zero-order valence-electron chi connectivity index (χ0n) is 23.8. The third-order valence-electron chi connectivity index (χ3n) is 9.30. The monoisotopic (exact) mass is 565 g/mol. The van der Waals surface area contributed by atoms with Crippen LogP contribution < -0.4 is 4.74 Å². The summed E-state index contributed by atoms with van der Waals surface area (Å²) in [5.74, 6) is 2.95. The topological polar surface area (TPSA) is 47.9 Å². The Kier molecular flexibility index (Phi) is 5.51. The van der Waals surface area contributed by atoms with Crippen molar-refractivity contribution in [3.63, 3.8) is 0 Å². The van der Waals surface area contributed by atoms with Crippen LogP contribution in [0.25, 0.3) is 34.0 Å². The third-order valence-corrected chi connectivity index (χ3v) is 9.30. The molecule has 2 aromatic heterocycles. The second kappa shape index (κ2) is 9.72. The highest BCUT2D eigenvalue weighted by Gasteiger charge is 2.56. The molecule has 0 amide bonds. The van der Waals surface area contributed by atoms with Gasteiger partial charge >= 0.3 is 0 Å². The minimum Gasteiger partial charge on any atom is -0.457 e. The van der Waals surface area contributed by atoms with Crippen molar-refractivity contribution >= 4 is 0 Å². The van der Waals surface area contributed by atoms with Crippen molar-refractivity contribution in [3.8, 4) is 45.5 Å². The van der Waals surface area contributed by atoms with Gasteiger partial charge in [-0.2, -0.15) is 0 Å². The molecule has 0 N–H and O–H groups in total. The molecule has 0 saturated heterocycles. The van der Waals surface area contributed by atoms with Gasteiger partial charge in [0.1, 0.15) is 11.5 Å². The minimum absolute atomic E-state index is 0.207. The molecule has 4 nitrogen and oxygen atoms in total. The van der Waals surface area contributed by atoms with E-state index in [0.29, 0.717) is 5.82 Å². The number of aromatic nitrogens is 3. The fraction of sp³-hybridized carbons (Fsp3) is 0.0750. The van der Waals surface area contributed by atoms with E-state index in [4.69, 9.17) is 14.7 Å². The van der Waals surface area contributed by atoms with E-state index in [9.17, 15) is 0 Å². The zero-order valence-corrected chi connectivity index (χ0v) is 23.8. The van der Waals surface area contributed by atoms with Crippen molar-refractivity contribution in [2.24, 2.45) is 5.92 Å². The van der Waals surface area contributed by atoms with Gasteiger partial charge < -0.3 is 4.74 Å². The molecule has 1 spiro atoms. The average Bonchev–Trinajstić information content (AvgIpc) is 3.40. The van der Waals surface area contributed by atoms with Crippen LogP contribution in [0.5, 0.6) is 11.5 Å². The van der Waals surface area contributed by atoms with E-state index in [1.807, 2.05) is 48.5 Å². The summed E-state index contributed by atoms with van der Waals surface area (Å²) < 4.78 is 6.65. The molecule has 3 aliphatic rings. The molecule has 0 bridgehead atoms. The lowest BCUT2D eigenvalue weighted by molar-refractivity contribution is 0.374. The molecule has 44 heavy (non-hydrogen) atoms. The Labute approximate surface area is 256 Å². The fourth-order valence-electron chi connectivity index (χ4n) is 7.48. The molecule has 1 aliphatic heterocycles. The molecule has 0 fully saturated rings. The molecule has 4 heteroatoms. The maximum Gasteiger partial charge on any atom is 0.160 e. The second-order valence-corrected chi connectivity index (χ2v) is 11.6. The predicted octanol–water partition coefficient (Wildman–Crippen LogP) is 9.15. The average molecular weight is 566 g/mol. The molecule has 3 atom stereocenters. The van der Waals surface area contributed by atoms with Gasteiger partial charge in [0, 0.05) is 40.3 Å². The lowest BCUT2D eigenvalue weighted by atomic mass is 9.61. The van der Waals surface area contributed by atoms with E-state index < -0.39 is 5.41 Å². The van der Waals surface area contributed by atoms with Crippen molar-refractivity contribution in [2.75, 3.05) is 0 Å². The lowest BCUT2D eigenvalue weighted by Crippen LogP contribution is -2.37. The third kappa shape index (κ3) is 3.61. The summed E-state index contributed by atoms with van der Waals surface area (Å²) in [5.41, 5.74) is 9.07. The largest absolute Gasteiger partial charge is 0.457 e. The Balaban J connectivity index is 1.30. The van der Waals surface area contributed by atoms with Gasteiger partial charge in [0.2, 0.25) is 0 Å². The number of pyridine rings is 1. The van der Waals surface area contributed by atoms with E-state index in [2.05, 4.69) is 102 Å². The van der Waals surface area contributed by atoms with E-state index in [1.54, 1.807) is 6.20 Å². The first-order valence-corrected chi connectivity index (χ1v) is 15.0. The number of ether oxygens (including phenoxy) is 1. The normalized spacial score (nSPS) is 20.4. The van der Waals surface area contributed by atoms with Gasteiger partial charge in [-0.3, -0.25) is 4.98 Å². The van der Waals surface area contributed by atoms with Gasteiger partial charge in [-0.1, -0.05) is 103 Å². The number of rotatable bonds is 3. The van der Waals surface area contributed by atoms with Gasteiger partial charge in [-0.15, -0.1) is 0 Å². The Morgan fingerprint density at radius 2 is 1.30 bits per heavy atom. The summed E-state index contributed by atoms with van der Waals surface area (Å²) in [6.07, 6.45) is 10.9. The smallest absolute Gasteiger partial charge is 0.160 e. The maximum absolute atomic E-state index is 6.65. The summed E-state index contributed by atoms with van der Waals surface area (Å²) >= 11 is 0. The van der Waals surface area contributed by atoms with Crippen LogP contribution in [-0.4, -0.2) is 15.0 Å². The van der Waals surface area contributed by atoms with E-state index >= 15 is 0 Å². The standard InChI is InChI=1S/C40H27N3O/c1-2-12-26(13-3-1)39-42-35(25-36(43-39)34-19-10-11-23-41-34)27-21-22-38-33(24-27)40(32-18-8-9-20-37(32)44-38)30-16-6-4-14-28(30)29-15-5-7-17-31(29)40/h1-25,28,30H. The molecule has 208 valence electrons. The Morgan fingerprint density at radius 3 is 2.18 bits per heavy atom. The molecular weight excluding hydrogens is 538 g/mol. The van der Waals surface area contributed by atoms with Crippen molar-refractivity contribution in [3.05, 3.63) is 174 Å². The van der Waals surface area contributed by atoms with Gasteiger partial charge in [0.25, 0.3) is 0 Å². The van der Waals surface area contributed by atoms with Gasteiger partial charge in [-0.25, -0.2) is 9.97 Å². The maximum atomic E-state index is 6.65. The second-order valence-electron chi connectivity index (χ2n) is 11.6. The Bertz CT molecular complexity index is 2060. The minimum atomic E-state index is -0.415. The highest BCUT2D eigenvalue weighted by molar-refractivity contribution is 5.76. The molecule has 0 saturated carbocycles. The number of allylic oxidation sites excluding steroid dienone is 4. The first-order valence-electron chi connectivity index (χ1n) is 15.0. The van der Waals surface area contributed by atoms with Crippen molar-refractivity contribution < 1.29 is 4.74 Å². The van der Waals surface area contributed by atoms with Crippen molar-refractivity contribution in [2.45, 2.75) is 11.3 Å². The number of fused-ring (bicyclic) bond motifs is 9. The number of benzene rings is 4. The van der Waals surface area contributed by atoms with Crippen molar-refractivity contribution in [1.29, 1.82) is 0 Å². The van der Waals surface area contributed by atoms with Gasteiger partial charge in [0.15, 0.2) is 5.82 Å². The molecule has 2 aliphatic carbocycles. The molecule has 9 rings (SSSR count). The summed E-state index contributed by atoms with van der Waals surface area (Å²) in [7, 11) is 0. The Morgan fingerprint density at radius 1 is 0.545 bits per heavy atom. The van der Waals surface area contributed by atoms with Crippen LogP contribution >= 0.6 is 0 Å².